The molecule has 0 aliphatic rings. The van der Waals surface area contributed by atoms with Crippen molar-refractivity contribution >= 4 is 5.76 Å². The first-order chi connectivity index (χ1) is 15.8. The highest BCUT2D eigenvalue weighted by molar-refractivity contribution is 5.56. The molecule has 0 fully saturated rings. The Morgan fingerprint density at radius 2 is 1.12 bits per heavy atom. The summed E-state index contributed by atoms with van der Waals surface area (Å²) >= 11 is 0. The van der Waals surface area contributed by atoms with E-state index in [2.05, 4.69) is 74.9 Å². The molecule has 0 atom stereocenters. The molecule has 1 aromatic heterocycles. The van der Waals surface area contributed by atoms with Crippen LogP contribution in [0.4, 0.5) is 0 Å². The molecule has 0 saturated carbocycles. The zero-order valence-electron chi connectivity index (χ0n) is 20.2. The van der Waals surface area contributed by atoms with Gasteiger partial charge in [-0.25, -0.2) is 4.99 Å². The predicted molar refractivity (Wildman–Crippen MR) is 133 cm³/mol. The summed E-state index contributed by atoms with van der Waals surface area (Å²) in [7, 11) is 0. The topological polar surface area (TPSA) is 45.3 Å². The van der Waals surface area contributed by atoms with Crippen molar-refractivity contribution in [2.45, 2.75) is 41.5 Å². The molecule has 3 aromatic carbocycles. The fourth-order valence-corrected chi connectivity index (χ4v) is 4.75. The monoisotopic (exact) mass is 436 g/mol. The molecule has 0 aliphatic carbocycles. The molecule has 4 rings (SSSR count). The van der Waals surface area contributed by atoms with Gasteiger partial charge in [0, 0.05) is 18.6 Å². The Kier molecular flexibility index (Phi) is 6.10. The van der Waals surface area contributed by atoms with Gasteiger partial charge in [0.15, 0.2) is 0 Å². The largest absolute Gasteiger partial charge is 0.871 e. The number of aromatic nitrogens is 2. The summed E-state index contributed by atoms with van der Waals surface area (Å²) in [5.41, 5.74) is 10.6. The molecule has 33 heavy (non-hydrogen) atoms. The third-order valence-electron chi connectivity index (χ3n) is 5.90. The van der Waals surface area contributed by atoms with E-state index in [0.717, 1.165) is 11.4 Å². The van der Waals surface area contributed by atoms with Crippen LogP contribution in [0.15, 0.2) is 78.2 Å². The minimum Gasteiger partial charge on any atom is -0.871 e. The molecule has 0 saturated heterocycles. The third-order valence-corrected chi connectivity index (χ3v) is 5.90. The molecule has 0 bridgehead atoms. The molecule has 0 N–H and O–H groups in total. The SMILES string of the molecule is Cc1cc(C)c(-n2ccn(-c3c(C)cc(C)cc3C)c2=N/C=C(\[O-])c2ccccc2)c(C)c1. The quantitative estimate of drug-likeness (QED) is 0.396. The number of rotatable bonds is 4. The number of benzene rings is 3. The van der Waals surface area contributed by atoms with E-state index in [-0.39, 0.29) is 5.76 Å². The number of imidazole rings is 1. The van der Waals surface area contributed by atoms with E-state index < -0.39 is 0 Å². The van der Waals surface area contributed by atoms with Gasteiger partial charge in [0.1, 0.15) is 0 Å². The average molecular weight is 437 g/mol. The maximum Gasteiger partial charge on any atom is 0.218 e. The second-order valence-corrected chi connectivity index (χ2v) is 8.82. The van der Waals surface area contributed by atoms with Crippen LogP contribution in [-0.4, -0.2) is 9.13 Å². The lowest BCUT2D eigenvalue weighted by Gasteiger charge is -2.16. The van der Waals surface area contributed by atoms with Crippen LogP contribution in [-0.2, 0) is 0 Å². The van der Waals surface area contributed by atoms with E-state index in [1.807, 2.05) is 42.7 Å². The molecule has 0 unspecified atom stereocenters. The van der Waals surface area contributed by atoms with Gasteiger partial charge in [-0.15, -0.1) is 0 Å². The second-order valence-electron chi connectivity index (χ2n) is 8.82. The van der Waals surface area contributed by atoms with Gasteiger partial charge in [-0.1, -0.05) is 71.5 Å². The van der Waals surface area contributed by atoms with Crippen LogP contribution in [0.3, 0.4) is 0 Å². The molecular formula is C29H30N3O-. The number of hydrogen-bond acceptors (Lipinski definition) is 2. The molecule has 0 spiro atoms. The predicted octanol–water partition coefficient (Wildman–Crippen LogP) is 5.38. The molecule has 0 aliphatic heterocycles. The van der Waals surface area contributed by atoms with Crippen LogP contribution in [0.1, 0.15) is 38.9 Å². The van der Waals surface area contributed by atoms with Crippen LogP contribution >= 0.6 is 0 Å². The fraction of sp³-hybridized carbons (Fsp3) is 0.207. The summed E-state index contributed by atoms with van der Waals surface area (Å²) in [6, 6.07) is 18.0. The Balaban J connectivity index is 2.01. The molecular weight excluding hydrogens is 406 g/mol. The minimum atomic E-state index is -0.121. The van der Waals surface area contributed by atoms with E-state index in [4.69, 9.17) is 4.99 Å². The van der Waals surface area contributed by atoms with Crippen molar-refractivity contribution in [2.24, 2.45) is 4.99 Å². The number of hydrogen-bond donors (Lipinski definition) is 0. The van der Waals surface area contributed by atoms with Crippen molar-refractivity contribution in [3.63, 3.8) is 0 Å². The first-order valence-corrected chi connectivity index (χ1v) is 11.2. The molecule has 4 heteroatoms. The smallest absolute Gasteiger partial charge is 0.218 e. The Hall–Kier alpha value is -3.79. The van der Waals surface area contributed by atoms with Crippen molar-refractivity contribution in [3.05, 3.63) is 118 Å². The van der Waals surface area contributed by atoms with Crippen LogP contribution < -0.4 is 10.7 Å². The maximum absolute atomic E-state index is 12.8. The van der Waals surface area contributed by atoms with Gasteiger partial charge in [-0.2, -0.15) is 0 Å². The van der Waals surface area contributed by atoms with Crippen molar-refractivity contribution < 1.29 is 5.11 Å². The summed E-state index contributed by atoms with van der Waals surface area (Å²) in [5, 5.41) is 12.8. The zero-order chi connectivity index (χ0) is 23.7. The summed E-state index contributed by atoms with van der Waals surface area (Å²) in [4.78, 5) is 4.76. The summed E-state index contributed by atoms with van der Waals surface area (Å²) < 4.78 is 4.16. The third kappa shape index (κ3) is 4.42. The van der Waals surface area contributed by atoms with Gasteiger partial charge in [-0.05, 0) is 69.4 Å². The number of nitrogens with zero attached hydrogens (tertiary/aromatic N) is 3. The van der Waals surface area contributed by atoms with Crippen LogP contribution in [0.2, 0.25) is 0 Å². The van der Waals surface area contributed by atoms with E-state index in [1.54, 1.807) is 0 Å². The summed E-state index contributed by atoms with van der Waals surface area (Å²) in [5.74, 6) is -0.121. The Labute approximate surface area is 195 Å². The van der Waals surface area contributed by atoms with E-state index in [9.17, 15) is 5.11 Å². The van der Waals surface area contributed by atoms with Crippen LogP contribution in [0, 0.1) is 41.5 Å². The van der Waals surface area contributed by atoms with Gasteiger partial charge < -0.3 is 5.11 Å². The normalized spacial score (nSPS) is 11.6. The van der Waals surface area contributed by atoms with E-state index in [0.29, 0.717) is 11.2 Å². The minimum absolute atomic E-state index is 0.121. The fourth-order valence-electron chi connectivity index (χ4n) is 4.75. The highest BCUT2D eigenvalue weighted by Crippen LogP contribution is 2.23. The van der Waals surface area contributed by atoms with E-state index >= 15 is 0 Å². The van der Waals surface area contributed by atoms with Crippen molar-refractivity contribution in [2.75, 3.05) is 0 Å². The van der Waals surface area contributed by atoms with E-state index in [1.165, 1.54) is 39.6 Å². The van der Waals surface area contributed by atoms with Crippen LogP contribution in [0.25, 0.3) is 17.1 Å². The van der Waals surface area contributed by atoms with Gasteiger partial charge in [0.05, 0.1) is 11.4 Å². The summed E-state index contributed by atoms with van der Waals surface area (Å²) in [6.07, 6.45) is 5.49. The first-order valence-electron chi connectivity index (χ1n) is 11.2. The van der Waals surface area contributed by atoms with Crippen molar-refractivity contribution in [3.8, 4) is 11.4 Å². The maximum atomic E-state index is 12.8. The lowest BCUT2D eigenvalue weighted by Crippen LogP contribution is -2.26. The molecule has 4 aromatic rings. The summed E-state index contributed by atoms with van der Waals surface area (Å²) in [6.45, 7) is 12.7. The Morgan fingerprint density at radius 1 is 0.697 bits per heavy atom. The lowest BCUT2D eigenvalue weighted by molar-refractivity contribution is -0.244. The molecule has 0 amide bonds. The zero-order valence-corrected chi connectivity index (χ0v) is 20.2. The molecule has 0 radical (unpaired) electrons. The first kappa shape index (κ1) is 22.4. The molecule has 168 valence electrons. The Bertz CT molecular complexity index is 1290. The van der Waals surface area contributed by atoms with Gasteiger partial charge in [0.2, 0.25) is 5.62 Å². The van der Waals surface area contributed by atoms with Crippen molar-refractivity contribution in [1.82, 2.24) is 9.13 Å². The van der Waals surface area contributed by atoms with Gasteiger partial charge in [0.25, 0.3) is 0 Å². The highest BCUT2D eigenvalue weighted by Gasteiger charge is 2.14. The molecule has 1 heterocycles. The second kappa shape index (κ2) is 8.99. The van der Waals surface area contributed by atoms with Crippen molar-refractivity contribution in [1.29, 1.82) is 0 Å². The highest BCUT2D eigenvalue weighted by atomic mass is 16.3. The average Bonchev–Trinajstić information content (AvgIpc) is 3.14. The lowest BCUT2D eigenvalue weighted by atomic mass is 10.0. The van der Waals surface area contributed by atoms with Crippen LogP contribution in [0.5, 0.6) is 0 Å². The standard InChI is InChI=1S/C29H31N3O/c1-19-14-21(3)27(22(4)15-19)31-12-13-32(28-23(5)16-20(2)17-24(28)6)29(31)30-18-26(33)25-10-8-7-9-11-25/h7-18,33H,1-6H3/p-1/b26-18-. The number of aryl methyl sites for hydroxylation is 6. The molecule has 4 nitrogen and oxygen atoms in total. The van der Waals surface area contributed by atoms with Gasteiger partial charge >= 0.3 is 0 Å². The van der Waals surface area contributed by atoms with Gasteiger partial charge in [-0.3, -0.25) is 9.13 Å². The Morgan fingerprint density at radius 3 is 1.55 bits per heavy atom.